The molecule has 0 spiro atoms. The Bertz CT molecular complexity index is 1280. The standard InChI is InChI=1S/C22H23F3N4O3S2/c1-2-34(31,32)17-5-3-15(4-6-17)11-19(30)28-7-9-29(10-8-28)20-18-12-16(13-22(23,24)25)33-21(18)27-14-26-20/h3-6,12,14H,2,7-11,13H2,1H3. The molecule has 0 saturated carbocycles. The number of thiophene rings is 1. The third kappa shape index (κ3) is 5.49. The second-order valence-electron chi connectivity index (χ2n) is 8.01. The number of rotatable bonds is 6. The Morgan fingerprint density at radius 2 is 1.76 bits per heavy atom. The molecule has 34 heavy (non-hydrogen) atoms. The monoisotopic (exact) mass is 512 g/mol. The molecule has 0 radical (unpaired) electrons. The van der Waals surface area contributed by atoms with E-state index < -0.39 is 22.4 Å². The van der Waals surface area contributed by atoms with Crippen LogP contribution in [0, 0.1) is 0 Å². The number of hydrogen-bond donors (Lipinski definition) is 0. The van der Waals surface area contributed by atoms with Crippen molar-refractivity contribution in [2.45, 2.75) is 30.8 Å². The Morgan fingerprint density at radius 1 is 1.09 bits per heavy atom. The van der Waals surface area contributed by atoms with Crippen LogP contribution in [0.5, 0.6) is 0 Å². The van der Waals surface area contributed by atoms with E-state index in [0.717, 1.165) is 16.9 Å². The summed E-state index contributed by atoms with van der Waals surface area (Å²) in [5.74, 6) is 0.527. The lowest BCUT2D eigenvalue weighted by Gasteiger charge is -2.35. The molecule has 2 aromatic heterocycles. The SMILES string of the molecule is CCS(=O)(=O)c1ccc(CC(=O)N2CCN(c3ncnc4sc(CC(F)(F)F)cc34)CC2)cc1. The number of piperazine rings is 1. The van der Waals surface area contributed by atoms with E-state index in [1.165, 1.54) is 24.5 Å². The molecule has 1 aliphatic heterocycles. The molecule has 0 atom stereocenters. The average molecular weight is 513 g/mol. The van der Waals surface area contributed by atoms with Gasteiger partial charge in [-0.1, -0.05) is 19.1 Å². The van der Waals surface area contributed by atoms with Crippen LogP contribution in [0.25, 0.3) is 10.2 Å². The van der Waals surface area contributed by atoms with Gasteiger partial charge in [0.1, 0.15) is 17.0 Å². The van der Waals surface area contributed by atoms with E-state index in [-0.39, 0.29) is 27.9 Å². The van der Waals surface area contributed by atoms with Crippen LogP contribution in [0.15, 0.2) is 41.6 Å². The fourth-order valence-corrected chi connectivity index (χ4v) is 5.77. The summed E-state index contributed by atoms with van der Waals surface area (Å²) in [6, 6.07) is 7.86. The molecule has 1 saturated heterocycles. The van der Waals surface area contributed by atoms with Crippen molar-refractivity contribution in [2.24, 2.45) is 0 Å². The number of carbonyl (C=O) groups is 1. The van der Waals surface area contributed by atoms with E-state index in [4.69, 9.17) is 0 Å². The van der Waals surface area contributed by atoms with Crippen LogP contribution < -0.4 is 4.90 Å². The summed E-state index contributed by atoms with van der Waals surface area (Å²) in [6.07, 6.45) is -3.77. The molecule has 12 heteroatoms. The molecule has 1 aliphatic rings. The van der Waals surface area contributed by atoms with Crippen molar-refractivity contribution in [2.75, 3.05) is 36.8 Å². The highest BCUT2D eigenvalue weighted by atomic mass is 32.2. The van der Waals surface area contributed by atoms with Gasteiger partial charge in [0.05, 0.1) is 28.9 Å². The molecular weight excluding hydrogens is 489 g/mol. The molecule has 0 N–H and O–H groups in total. The zero-order chi connectivity index (χ0) is 24.5. The number of aromatic nitrogens is 2. The second kappa shape index (κ2) is 9.49. The minimum Gasteiger partial charge on any atom is -0.352 e. The molecule has 3 aromatic rings. The number of sulfone groups is 1. The summed E-state index contributed by atoms with van der Waals surface area (Å²) < 4.78 is 62.2. The number of hydrogen-bond acceptors (Lipinski definition) is 7. The summed E-state index contributed by atoms with van der Waals surface area (Å²) in [5.41, 5.74) is 0.732. The van der Waals surface area contributed by atoms with Gasteiger partial charge >= 0.3 is 6.18 Å². The molecular formula is C22H23F3N4O3S2. The summed E-state index contributed by atoms with van der Waals surface area (Å²) in [5, 5.41) is 0.591. The van der Waals surface area contributed by atoms with E-state index in [1.807, 2.05) is 4.90 Å². The van der Waals surface area contributed by atoms with Crippen LogP contribution in [0.1, 0.15) is 17.4 Å². The van der Waals surface area contributed by atoms with Crippen LogP contribution in [-0.2, 0) is 27.5 Å². The van der Waals surface area contributed by atoms with Gasteiger partial charge in [0, 0.05) is 31.1 Å². The predicted molar refractivity (Wildman–Crippen MR) is 124 cm³/mol. The largest absolute Gasteiger partial charge is 0.393 e. The van der Waals surface area contributed by atoms with Gasteiger partial charge < -0.3 is 9.80 Å². The Morgan fingerprint density at radius 3 is 2.38 bits per heavy atom. The minimum absolute atomic E-state index is 0.0171. The maximum Gasteiger partial charge on any atom is 0.393 e. The average Bonchev–Trinajstić information content (AvgIpc) is 3.20. The first-order chi connectivity index (χ1) is 16.1. The van der Waals surface area contributed by atoms with Gasteiger partial charge in [-0.3, -0.25) is 4.79 Å². The predicted octanol–water partition coefficient (Wildman–Crippen LogP) is 3.48. The highest BCUT2D eigenvalue weighted by Gasteiger charge is 2.30. The first-order valence-electron chi connectivity index (χ1n) is 10.7. The van der Waals surface area contributed by atoms with Crippen molar-refractivity contribution in [1.29, 1.82) is 0 Å². The van der Waals surface area contributed by atoms with Gasteiger partial charge in [-0.2, -0.15) is 13.2 Å². The Labute approximate surface area is 199 Å². The fourth-order valence-electron chi connectivity index (χ4n) is 3.87. The number of fused-ring (bicyclic) bond motifs is 1. The van der Waals surface area contributed by atoms with E-state index >= 15 is 0 Å². The van der Waals surface area contributed by atoms with Crippen LogP contribution >= 0.6 is 11.3 Å². The Balaban J connectivity index is 1.39. The van der Waals surface area contributed by atoms with Crippen molar-refractivity contribution in [3.8, 4) is 0 Å². The maximum atomic E-state index is 12.8. The fraction of sp³-hybridized carbons (Fsp3) is 0.409. The van der Waals surface area contributed by atoms with Gasteiger partial charge in [-0.15, -0.1) is 11.3 Å². The lowest BCUT2D eigenvalue weighted by atomic mass is 10.1. The van der Waals surface area contributed by atoms with E-state index in [1.54, 1.807) is 24.0 Å². The second-order valence-corrected chi connectivity index (χ2v) is 11.4. The lowest BCUT2D eigenvalue weighted by Crippen LogP contribution is -2.49. The topological polar surface area (TPSA) is 83.5 Å². The minimum atomic E-state index is -4.29. The van der Waals surface area contributed by atoms with Crippen molar-refractivity contribution in [3.05, 3.63) is 47.1 Å². The van der Waals surface area contributed by atoms with Crippen LogP contribution in [-0.4, -0.2) is 67.3 Å². The maximum absolute atomic E-state index is 12.8. The zero-order valence-corrected chi connectivity index (χ0v) is 20.0. The number of alkyl halides is 3. The first kappa shape index (κ1) is 24.4. The van der Waals surface area contributed by atoms with E-state index in [9.17, 15) is 26.4 Å². The van der Waals surface area contributed by atoms with E-state index in [2.05, 4.69) is 9.97 Å². The molecule has 1 aromatic carbocycles. The summed E-state index contributed by atoms with van der Waals surface area (Å²) >= 11 is 1.01. The molecule has 1 amide bonds. The number of nitrogens with zero attached hydrogens (tertiary/aromatic N) is 4. The van der Waals surface area contributed by atoms with Gasteiger partial charge in [-0.25, -0.2) is 18.4 Å². The third-order valence-corrected chi connectivity index (χ3v) is 8.48. The van der Waals surface area contributed by atoms with E-state index in [0.29, 0.717) is 42.2 Å². The number of amides is 1. The van der Waals surface area contributed by atoms with Crippen LogP contribution in [0.4, 0.5) is 19.0 Å². The number of anilines is 1. The third-order valence-electron chi connectivity index (χ3n) is 5.68. The van der Waals surface area contributed by atoms with Crippen molar-refractivity contribution in [3.63, 3.8) is 0 Å². The van der Waals surface area contributed by atoms with Gasteiger partial charge in [0.15, 0.2) is 9.84 Å². The first-order valence-corrected chi connectivity index (χ1v) is 13.2. The normalized spacial score (nSPS) is 15.2. The van der Waals surface area contributed by atoms with Crippen molar-refractivity contribution < 1.29 is 26.4 Å². The molecule has 0 unspecified atom stereocenters. The highest BCUT2D eigenvalue weighted by molar-refractivity contribution is 7.91. The van der Waals surface area contributed by atoms with Crippen LogP contribution in [0.3, 0.4) is 0 Å². The summed E-state index contributed by atoms with van der Waals surface area (Å²) in [4.78, 5) is 25.8. The number of halogens is 3. The molecule has 1 fully saturated rings. The Hall–Kier alpha value is -2.73. The van der Waals surface area contributed by atoms with Crippen molar-refractivity contribution in [1.82, 2.24) is 14.9 Å². The molecule has 7 nitrogen and oxygen atoms in total. The molecule has 0 aliphatic carbocycles. The van der Waals surface area contributed by atoms with Gasteiger partial charge in [-0.05, 0) is 23.8 Å². The smallest absolute Gasteiger partial charge is 0.352 e. The van der Waals surface area contributed by atoms with Gasteiger partial charge in [0.2, 0.25) is 5.91 Å². The molecule has 3 heterocycles. The lowest BCUT2D eigenvalue weighted by molar-refractivity contribution is -0.130. The van der Waals surface area contributed by atoms with Gasteiger partial charge in [0.25, 0.3) is 0 Å². The number of carbonyl (C=O) groups excluding carboxylic acids is 1. The zero-order valence-electron chi connectivity index (χ0n) is 18.4. The quantitative estimate of drug-likeness (QED) is 0.503. The van der Waals surface area contributed by atoms with Crippen LogP contribution in [0.2, 0.25) is 0 Å². The molecule has 0 bridgehead atoms. The number of benzene rings is 1. The van der Waals surface area contributed by atoms with Crippen molar-refractivity contribution >= 4 is 43.1 Å². The summed E-state index contributed by atoms with van der Waals surface area (Å²) in [7, 11) is -3.29. The highest BCUT2D eigenvalue weighted by Crippen LogP contribution is 2.34. The molecule has 4 rings (SSSR count). The summed E-state index contributed by atoms with van der Waals surface area (Å²) in [6.45, 7) is 3.48. The molecule has 182 valence electrons. The Kier molecular flexibility index (Phi) is 6.81.